The molecule has 0 saturated carbocycles. The molecule has 1 unspecified atom stereocenters. The molecule has 0 N–H and O–H groups in total. The molecule has 2 rings (SSSR count). The van der Waals surface area contributed by atoms with Crippen LogP contribution in [0.3, 0.4) is 0 Å². The van der Waals surface area contributed by atoms with E-state index < -0.39 is 0 Å². The Morgan fingerprint density at radius 2 is 1.95 bits per heavy atom. The lowest BCUT2D eigenvalue weighted by Gasteiger charge is -2.13. The minimum absolute atomic E-state index is 0.0898. The van der Waals surface area contributed by atoms with Crippen LogP contribution in [-0.4, -0.2) is 7.11 Å². The van der Waals surface area contributed by atoms with E-state index in [1.807, 2.05) is 49.4 Å². The number of hydrogen-bond donors (Lipinski definition) is 0. The average Bonchev–Trinajstić information content (AvgIpc) is 2.39. The van der Waals surface area contributed by atoms with Gasteiger partial charge in [0, 0.05) is 5.02 Å². The van der Waals surface area contributed by atoms with Gasteiger partial charge in [0.15, 0.2) is 0 Å². The smallest absolute Gasteiger partial charge is 0.122 e. The summed E-state index contributed by atoms with van der Waals surface area (Å²) in [5.41, 5.74) is 3.30. The van der Waals surface area contributed by atoms with Crippen LogP contribution in [0.15, 0.2) is 42.5 Å². The van der Waals surface area contributed by atoms with Crippen molar-refractivity contribution in [2.24, 2.45) is 0 Å². The van der Waals surface area contributed by atoms with Crippen molar-refractivity contribution in [2.75, 3.05) is 7.11 Å². The van der Waals surface area contributed by atoms with Gasteiger partial charge in [-0.25, -0.2) is 0 Å². The number of methoxy groups -OCH3 is 1. The molecule has 0 aliphatic heterocycles. The van der Waals surface area contributed by atoms with Gasteiger partial charge in [-0.2, -0.15) is 0 Å². The van der Waals surface area contributed by atoms with Gasteiger partial charge in [0.05, 0.1) is 12.5 Å². The summed E-state index contributed by atoms with van der Waals surface area (Å²) in [6, 6.07) is 13.9. The Morgan fingerprint density at radius 3 is 2.63 bits per heavy atom. The lowest BCUT2D eigenvalue weighted by Crippen LogP contribution is -1.97. The van der Waals surface area contributed by atoms with E-state index in [9.17, 15) is 0 Å². The largest absolute Gasteiger partial charge is 0.496 e. The molecule has 1 nitrogen and oxygen atoms in total. The lowest BCUT2D eigenvalue weighted by molar-refractivity contribution is 0.411. The second-order valence-corrected chi connectivity index (χ2v) is 5.49. The zero-order valence-corrected chi connectivity index (χ0v) is 12.5. The fraction of sp³-hybridized carbons (Fsp3) is 0.250. The molecule has 2 aromatic rings. The van der Waals surface area contributed by atoms with Crippen molar-refractivity contribution in [1.82, 2.24) is 0 Å². The predicted molar refractivity (Wildman–Crippen MR) is 81.5 cm³/mol. The fourth-order valence-corrected chi connectivity index (χ4v) is 2.55. The van der Waals surface area contributed by atoms with E-state index in [4.69, 9.17) is 27.9 Å². The molecule has 0 fully saturated rings. The highest BCUT2D eigenvalue weighted by Crippen LogP contribution is 2.30. The van der Waals surface area contributed by atoms with E-state index >= 15 is 0 Å². The van der Waals surface area contributed by atoms with Crippen LogP contribution in [0, 0.1) is 6.92 Å². The number of rotatable bonds is 4. The van der Waals surface area contributed by atoms with Crippen LogP contribution >= 0.6 is 23.2 Å². The zero-order valence-electron chi connectivity index (χ0n) is 11.0. The summed E-state index contributed by atoms with van der Waals surface area (Å²) < 4.78 is 5.33. The van der Waals surface area contributed by atoms with Crippen LogP contribution in [0.25, 0.3) is 0 Å². The third kappa shape index (κ3) is 3.65. The Labute approximate surface area is 124 Å². The summed E-state index contributed by atoms with van der Waals surface area (Å²) in [6.45, 7) is 2.02. The molecule has 2 aromatic carbocycles. The molecule has 100 valence electrons. The molecule has 1 atom stereocenters. The molecule has 0 aliphatic rings. The molecule has 0 saturated heterocycles. The first-order valence-electron chi connectivity index (χ1n) is 6.13. The maximum absolute atomic E-state index is 6.48. The summed E-state index contributed by atoms with van der Waals surface area (Å²) in [6.07, 6.45) is 0.744. The van der Waals surface area contributed by atoms with E-state index in [2.05, 4.69) is 0 Å². The second kappa shape index (κ2) is 6.31. The van der Waals surface area contributed by atoms with E-state index in [-0.39, 0.29) is 5.38 Å². The lowest BCUT2D eigenvalue weighted by atomic mass is 10.0. The molecule has 0 aliphatic carbocycles. The van der Waals surface area contributed by atoms with E-state index in [0.717, 1.165) is 33.9 Å². The Hall–Kier alpha value is -1.18. The number of aryl methyl sites for hydroxylation is 1. The quantitative estimate of drug-likeness (QED) is 0.706. The van der Waals surface area contributed by atoms with Gasteiger partial charge in [-0.3, -0.25) is 0 Å². The van der Waals surface area contributed by atoms with Crippen molar-refractivity contribution in [3.8, 4) is 5.75 Å². The number of hydrogen-bond acceptors (Lipinski definition) is 1. The van der Waals surface area contributed by atoms with Gasteiger partial charge in [-0.1, -0.05) is 35.9 Å². The molecule has 0 spiro atoms. The van der Waals surface area contributed by atoms with Gasteiger partial charge in [-0.05, 0) is 48.2 Å². The molecule has 3 heteroatoms. The maximum atomic E-state index is 6.48. The third-order valence-electron chi connectivity index (χ3n) is 3.10. The summed E-state index contributed by atoms with van der Waals surface area (Å²) in [5.74, 6) is 0.870. The normalized spacial score (nSPS) is 12.2. The van der Waals surface area contributed by atoms with E-state index in [1.54, 1.807) is 7.11 Å². The van der Waals surface area contributed by atoms with Crippen molar-refractivity contribution in [3.63, 3.8) is 0 Å². The second-order valence-electron chi connectivity index (χ2n) is 4.53. The molecule has 0 aromatic heterocycles. The highest BCUT2D eigenvalue weighted by atomic mass is 35.5. The Kier molecular flexibility index (Phi) is 4.73. The highest BCUT2D eigenvalue weighted by molar-refractivity contribution is 6.30. The molecular weight excluding hydrogens is 279 g/mol. The first-order valence-corrected chi connectivity index (χ1v) is 6.94. The Bertz CT molecular complexity index is 566. The highest BCUT2D eigenvalue weighted by Gasteiger charge is 2.11. The minimum atomic E-state index is -0.0898. The van der Waals surface area contributed by atoms with Gasteiger partial charge in [0.25, 0.3) is 0 Å². The zero-order chi connectivity index (χ0) is 13.8. The van der Waals surface area contributed by atoms with Crippen LogP contribution in [0.5, 0.6) is 5.75 Å². The summed E-state index contributed by atoms with van der Waals surface area (Å²) in [5, 5.41) is 0.649. The van der Waals surface area contributed by atoms with Crippen molar-refractivity contribution in [3.05, 3.63) is 64.2 Å². The van der Waals surface area contributed by atoms with Crippen molar-refractivity contribution in [2.45, 2.75) is 18.7 Å². The first kappa shape index (κ1) is 14.2. The summed E-state index contributed by atoms with van der Waals surface area (Å²) >= 11 is 12.5. The molecule has 0 radical (unpaired) electrons. The number of ether oxygens (including phenoxy) is 1. The Balaban J connectivity index is 2.18. The third-order valence-corrected chi connectivity index (χ3v) is 3.74. The van der Waals surface area contributed by atoms with Crippen molar-refractivity contribution < 1.29 is 4.74 Å². The van der Waals surface area contributed by atoms with Crippen LogP contribution in [-0.2, 0) is 6.42 Å². The van der Waals surface area contributed by atoms with Crippen molar-refractivity contribution in [1.29, 1.82) is 0 Å². The monoisotopic (exact) mass is 294 g/mol. The SMILES string of the molecule is COc1cc(C(Cl)Cc2cccc(Cl)c2)ccc1C. The Morgan fingerprint density at radius 1 is 1.16 bits per heavy atom. The standard InChI is InChI=1S/C16H16Cl2O/c1-11-6-7-13(10-16(11)19-2)15(18)9-12-4-3-5-14(17)8-12/h3-8,10,15H,9H2,1-2H3. The van der Waals surface area contributed by atoms with Crippen LogP contribution in [0.4, 0.5) is 0 Å². The summed E-state index contributed by atoms with van der Waals surface area (Å²) in [4.78, 5) is 0. The number of halogens is 2. The first-order chi connectivity index (χ1) is 9.10. The predicted octanol–water partition coefficient (Wildman–Crippen LogP) is 5.18. The fourth-order valence-electron chi connectivity index (χ4n) is 2.02. The molecule has 0 heterocycles. The van der Waals surface area contributed by atoms with Crippen molar-refractivity contribution >= 4 is 23.2 Å². The van der Waals surface area contributed by atoms with Gasteiger partial charge < -0.3 is 4.74 Å². The van der Waals surface area contributed by atoms with Crippen LogP contribution in [0.1, 0.15) is 22.1 Å². The average molecular weight is 295 g/mol. The van der Waals surface area contributed by atoms with Gasteiger partial charge >= 0.3 is 0 Å². The van der Waals surface area contributed by atoms with Gasteiger partial charge in [0.1, 0.15) is 5.75 Å². The molecule has 0 amide bonds. The van der Waals surface area contributed by atoms with Crippen LogP contribution in [0.2, 0.25) is 5.02 Å². The van der Waals surface area contributed by atoms with E-state index in [0.29, 0.717) is 0 Å². The summed E-state index contributed by atoms with van der Waals surface area (Å²) in [7, 11) is 1.67. The van der Waals surface area contributed by atoms with E-state index in [1.165, 1.54) is 0 Å². The number of benzene rings is 2. The topological polar surface area (TPSA) is 9.23 Å². The minimum Gasteiger partial charge on any atom is -0.496 e. The van der Waals surface area contributed by atoms with Crippen LogP contribution < -0.4 is 4.74 Å². The van der Waals surface area contributed by atoms with Gasteiger partial charge in [-0.15, -0.1) is 11.6 Å². The maximum Gasteiger partial charge on any atom is 0.122 e. The number of alkyl halides is 1. The molecular formula is C16H16Cl2O. The molecule has 19 heavy (non-hydrogen) atoms. The van der Waals surface area contributed by atoms with Gasteiger partial charge in [0.2, 0.25) is 0 Å². The molecule has 0 bridgehead atoms.